The Kier molecular flexibility index (Phi) is 3.83. The highest BCUT2D eigenvalue weighted by molar-refractivity contribution is 6.01. The first-order valence-corrected chi connectivity index (χ1v) is 6.92. The number of hydrogen-bond donors (Lipinski definition) is 2. The van der Waals surface area contributed by atoms with Crippen molar-refractivity contribution in [2.24, 2.45) is 0 Å². The number of carbonyl (C=O) groups excluding carboxylic acids is 1. The predicted octanol–water partition coefficient (Wildman–Crippen LogP) is 0.809. The van der Waals surface area contributed by atoms with Crippen LogP contribution in [0.4, 0.5) is 11.5 Å². The lowest BCUT2D eigenvalue weighted by Crippen LogP contribution is -2.44. The highest BCUT2D eigenvalue weighted by Gasteiger charge is 2.15. The zero-order valence-electron chi connectivity index (χ0n) is 11.9. The highest BCUT2D eigenvalue weighted by Crippen LogP contribution is 2.16. The Balaban J connectivity index is 1.63. The van der Waals surface area contributed by atoms with Crippen LogP contribution in [0.2, 0.25) is 0 Å². The first kappa shape index (κ1) is 13.6. The number of aromatic amines is 1. The molecule has 1 amide bonds. The summed E-state index contributed by atoms with van der Waals surface area (Å²) >= 11 is 0. The zero-order valence-corrected chi connectivity index (χ0v) is 11.9. The van der Waals surface area contributed by atoms with Gasteiger partial charge in [0.1, 0.15) is 5.82 Å². The van der Waals surface area contributed by atoms with Crippen molar-refractivity contribution in [1.82, 2.24) is 19.9 Å². The summed E-state index contributed by atoms with van der Waals surface area (Å²) in [4.78, 5) is 27.5. The van der Waals surface area contributed by atoms with Gasteiger partial charge in [-0.05, 0) is 19.2 Å². The second kappa shape index (κ2) is 5.92. The Morgan fingerprint density at radius 3 is 2.67 bits per heavy atom. The van der Waals surface area contributed by atoms with E-state index in [2.05, 4.69) is 37.1 Å². The molecule has 1 saturated heterocycles. The van der Waals surface area contributed by atoms with E-state index in [1.165, 1.54) is 0 Å². The number of nitrogens with one attached hydrogen (secondary N) is 2. The average molecular weight is 286 g/mol. The molecule has 0 unspecified atom stereocenters. The van der Waals surface area contributed by atoms with Crippen molar-refractivity contribution in [3.05, 3.63) is 36.5 Å². The standard InChI is InChI=1S/C14H18N6O/c1-19-6-8-20(9-7-19)12-3-2-11(10-17-12)18-14(21)13-15-4-5-16-13/h2-5,10H,6-9H2,1H3,(H,15,16)(H,18,21). The largest absolute Gasteiger partial charge is 0.354 e. The van der Waals surface area contributed by atoms with Crippen LogP contribution in [0.5, 0.6) is 0 Å². The molecule has 0 spiro atoms. The summed E-state index contributed by atoms with van der Waals surface area (Å²) in [7, 11) is 2.12. The van der Waals surface area contributed by atoms with Crippen LogP contribution in [-0.4, -0.2) is 59.0 Å². The molecule has 0 saturated carbocycles. The van der Waals surface area contributed by atoms with E-state index < -0.39 is 0 Å². The van der Waals surface area contributed by atoms with Gasteiger partial charge >= 0.3 is 0 Å². The number of hydrogen-bond acceptors (Lipinski definition) is 5. The van der Waals surface area contributed by atoms with Gasteiger partial charge in [-0.1, -0.05) is 0 Å². The minimum Gasteiger partial charge on any atom is -0.354 e. The topological polar surface area (TPSA) is 77.1 Å². The number of amides is 1. The number of carbonyl (C=O) groups is 1. The number of imidazole rings is 1. The molecule has 1 aliphatic heterocycles. The molecule has 2 aromatic heterocycles. The average Bonchev–Trinajstić information content (AvgIpc) is 3.03. The van der Waals surface area contributed by atoms with Crippen LogP contribution in [0, 0.1) is 0 Å². The third-order valence-corrected chi connectivity index (χ3v) is 3.55. The van der Waals surface area contributed by atoms with Crippen LogP contribution in [0.1, 0.15) is 10.6 Å². The number of likely N-dealkylation sites (N-methyl/N-ethyl adjacent to an activating group) is 1. The minimum atomic E-state index is -0.269. The van der Waals surface area contributed by atoms with E-state index in [0.717, 1.165) is 32.0 Å². The quantitative estimate of drug-likeness (QED) is 0.873. The SMILES string of the molecule is CN1CCN(c2ccc(NC(=O)c3ncc[nH]3)cn2)CC1. The minimum absolute atomic E-state index is 0.269. The molecule has 110 valence electrons. The van der Waals surface area contributed by atoms with Gasteiger partial charge in [-0.2, -0.15) is 0 Å². The maximum absolute atomic E-state index is 11.8. The maximum Gasteiger partial charge on any atom is 0.291 e. The van der Waals surface area contributed by atoms with Gasteiger partial charge < -0.3 is 20.1 Å². The van der Waals surface area contributed by atoms with Gasteiger partial charge in [0.15, 0.2) is 5.82 Å². The summed E-state index contributed by atoms with van der Waals surface area (Å²) in [6.45, 7) is 4.03. The molecule has 3 rings (SSSR count). The zero-order chi connectivity index (χ0) is 14.7. The number of aromatic nitrogens is 3. The molecule has 2 aromatic rings. The van der Waals surface area contributed by atoms with Crippen molar-refractivity contribution in [3.8, 4) is 0 Å². The number of anilines is 2. The van der Waals surface area contributed by atoms with E-state index in [4.69, 9.17) is 0 Å². The van der Waals surface area contributed by atoms with Gasteiger partial charge in [0.25, 0.3) is 5.91 Å². The van der Waals surface area contributed by atoms with E-state index >= 15 is 0 Å². The van der Waals surface area contributed by atoms with Crippen molar-refractivity contribution >= 4 is 17.4 Å². The fourth-order valence-electron chi connectivity index (χ4n) is 2.26. The van der Waals surface area contributed by atoms with E-state index in [1.807, 2.05) is 12.1 Å². The molecule has 1 fully saturated rings. The second-order valence-electron chi connectivity index (χ2n) is 5.09. The molecule has 3 heterocycles. The molecule has 1 aliphatic rings. The van der Waals surface area contributed by atoms with Gasteiger partial charge in [0, 0.05) is 38.6 Å². The normalized spacial score (nSPS) is 16.0. The second-order valence-corrected chi connectivity index (χ2v) is 5.09. The van der Waals surface area contributed by atoms with Crippen LogP contribution >= 0.6 is 0 Å². The fourth-order valence-corrected chi connectivity index (χ4v) is 2.26. The van der Waals surface area contributed by atoms with Crippen LogP contribution in [0.15, 0.2) is 30.7 Å². The lowest BCUT2D eigenvalue weighted by atomic mass is 10.3. The Labute approximate surface area is 123 Å². The van der Waals surface area contributed by atoms with Crippen molar-refractivity contribution in [2.45, 2.75) is 0 Å². The molecular formula is C14H18N6O. The Bertz CT molecular complexity index is 586. The van der Waals surface area contributed by atoms with E-state index in [9.17, 15) is 4.79 Å². The summed E-state index contributed by atoms with van der Waals surface area (Å²) < 4.78 is 0. The predicted molar refractivity (Wildman–Crippen MR) is 80.5 cm³/mol. The smallest absolute Gasteiger partial charge is 0.291 e. The molecule has 0 bridgehead atoms. The number of nitrogens with zero attached hydrogens (tertiary/aromatic N) is 4. The molecule has 0 aliphatic carbocycles. The van der Waals surface area contributed by atoms with Crippen molar-refractivity contribution in [1.29, 1.82) is 0 Å². The molecule has 0 aromatic carbocycles. The fraction of sp³-hybridized carbons (Fsp3) is 0.357. The van der Waals surface area contributed by atoms with Gasteiger partial charge in [0.2, 0.25) is 0 Å². The van der Waals surface area contributed by atoms with Crippen LogP contribution in [-0.2, 0) is 0 Å². The molecule has 0 atom stereocenters. The van der Waals surface area contributed by atoms with Crippen LogP contribution in [0.25, 0.3) is 0 Å². The van der Waals surface area contributed by atoms with Crippen LogP contribution < -0.4 is 10.2 Å². The Morgan fingerprint density at radius 1 is 1.24 bits per heavy atom. The van der Waals surface area contributed by atoms with Gasteiger partial charge in [-0.15, -0.1) is 0 Å². The van der Waals surface area contributed by atoms with Crippen molar-refractivity contribution in [2.75, 3.05) is 43.4 Å². The highest BCUT2D eigenvalue weighted by atomic mass is 16.2. The Morgan fingerprint density at radius 2 is 2.05 bits per heavy atom. The van der Waals surface area contributed by atoms with Gasteiger partial charge in [0.05, 0.1) is 11.9 Å². The number of H-pyrrole nitrogens is 1. The summed E-state index contributed by atoms with van der Waals surface area (Å²) in [5.74, 6) is 0.964. The van der Waals surface area contributed by atoms with E-state index in [-0.39, 0.29) is 11.7 Å². The monoisotopic (exact) mass is 286 g/mol. The Hall–Kier alpha value is -2.41. The lowest BCUT2D eigenvalue weighted by molar-refractivity contribution is 0.101. The molecule has 7 nitrogen and oxygen atoms in total. The van der Waals surface area contributed by atoms with Gasteiger partial charge in [-0.25, -0.2) is 9.97 Å². The molecule has 0 radical (unpaired) electrons. The van der Waals surface area contributed by atoms with Crippen LogP contribution in [0.3, 0.4) is 0 Å². The summed E-state index contributed by atoms with van der Waals surface area (Å²) in [5.41, 5.74) is 0.661. The summed E-state index contributed by atoms with van der Waals surface area (Å²) in [5, 5.41) is 2.76. The third kappa shape index (κ3) is 3.19. The molecule has 21 heavy (non-hydrogen) atoms. The summed E-state index contributed by atoms with van der Waals surface area (Å²) in [6, 6.07) is 3.80. The molecule has 2 N–H and O–H groups in total. The third-order valence-electron chi connectivity index (χ3n) is 3.55. The summed E-state index contributed by atoms with van der Waals surface area (Å²) in [6.07, 6.45) is 4.84. The number of rotatable bonds is 3. The molecule has 7 heteroatoms. The number of piperazine rings is 1. The number of pyridine rings is 1. The first-order valence-electron chi connectivity index (χ1n) is 6.92. The van der Waals surface area contributed by atoms with Crippen molar-refractivity contribution in [3.63, 3.8) is 0 Å². The van der Waals surface area contributed by atoms with E-state index in [0.29, 0.717) is 5.69 Å². The van der Waals surface area contributed by atoms with Gasteiger partial charge in [-0.3, -0.25) is 4.79 Å². The lowest BCUT2D eigenvalue weighted by Gasteiger charge is -2.33. The van der Waals surface area contributed by atoms with E-state index in [1.54, 1.807) is 18.6 Å². The maximum atomic E-state index is 11.8. The first-order chi connectivity index (χ1) is 10.2. The molecular weight excluding hydrogens is 268 g/mol. The van der Waals surface area contributed by atoms with Crippen molar-refractivity contribution < 1.29 is 4.79 Å².